The van der Waals surface area contributed by atoms with Gasteiger partial charge in [0.1, 0.15) is 11.1 Å². The summed E-state index contributed by atoms with van der Waals surface area (Å²) < 4.78 is 0. The first-order valence-corrected chi connectivity index (χ1v) is 6.91. The van der Waals surface area contributed by atoms with Gasteiger partial charge in [0, 0.05) is 17.5 Å². The molecule has 0 fully saturated rings. The third-order valence-electron chi connectivity index (χ3n) is 3.12. The number of fused-ring (bicyclic) bond motifs is 1. The van der Waals surface area contributed by atoms with Crippen molar-refractivity contribution in [1.29, 1.82) is 0 Å². The third kappa shape index (κ3) is 2.31. The molecule has 4 heteroatoms. The van der Waals surface area contributed by atoms with Gasteiger partial charge >= 0.3 is 0 Å². The van der Waals surface area contributed by atoms with Gasteiger partial charge in [-0.2, -0.15) is 0 Å². The molecule has 0 saturated heterocycles. The minimum atomic E-state index is -0.225. The zero-order valence-electron chi connectivity index (χ0n) is 10.2. The van der Waals surface area contributed by atoms with Gasteiger partial charge in [-0.25, -0.2) is 0 Å². The van der Waals surface area contributed by atoms with Gasteiger partial charge in [0.25, 0.3) is 0 Å². The molecule has 3 rings (SSSR count). The van der Waals surface area contributed by atoms with Crippen molar-refractivity contribution in [3.05, 3.63) is 54.1 Å². The average Bonchev–Trinajstić information content (AvgIpc) is 2.78. The lowest BCUT2D eigenvalue weighted by Crippen LogP contribution is -2.29. The molecule has 1 N–H and O–H groups in total. The number of thioether (sulfide) groups is 1. The van der Waals surface area contributed by atoms with Gasteiger partial charge in [0.2, 0.25) is 0 Å². The summed E-state index contributed by atoms with van der Waals surface area (Å²) in [4.78, 5) is 14.3. The van der Waals surface area contributed by atoms with Crippen LogP contribution >= 0.6 is 11.8 Å². The predicted molar refractivity (Wildman–Crippen MR) is 76.4 cm³/mol. The maximum Gasteiger partial charge on any atom is 0.153 e. The third-order valence-corrected chi connectivity index (χ3v) is 4.33. The van der Waals surface area contributed by atoms with Crippen molar-refractivity contribution in [2.24, 2.45) is 0 Å². The Bertz CT molecular complexity index is 600. The molecule has 0 saturated carbocycles. The predicted octanol–water partition coefficient (Wildman–Crippen LogP) is 3.03. The van der Waals surface area contributed by atoms with Crippen molar-refractivity contribution < 1.29 is 9.90 Å². The van der Waals surface area contributed by atoms with E-state index >= 15 is 0 Å². The summed E-state index contributed by atoms with van der Waals surface area (Å²) in [6.07, 6.45) is 0.949. The Hall–Kier alpha value is -1.94. The number of hydrogen-bond donors (Lipinski definition) is 1. The molecule has 2 aromatic carbocycles. The molecule has 19 heavy (non-hydrogen) atoms. The smallest absolute Gasteiger partial charge is 0.153 e. The van der Waals surface area contributed by atoms with Crippen LogP contribution in [0.3, 0.4) is 0 Å². The molecule has 3 nitrogen and oxygen atoms in total. The number of phenolic OH excluding ortho intramolecular Hbond substituents is 1. The van der Waals surface area contributed by atoms with E-state index in [-0.39, 0.29) is 11.1 Å². The summed E-state index contributed by atoms with van der Waals surface area (Å²) in [7, 11) is 0. The van der Waals surface area contributed by atoms with Crippen LogP contribution in [0.15, 0.2) is 53.4 Å². The molecule has 1 atom stereocenters. The van der Waals surface area contributed by atoms with Crippen LogP contribution in [0.4, 0.5) is 5.69 Å². The first-order chi connectivity index (χ1) is 9.28. The van der Waals surface area contributed by atoms with Crippen LogP contribution in [0, 0.1) is 0 Å². The van der Waals surface area contributed by atoms with E-state index in [0.29, 0.717) is 6.54 Å². The van der Waals surface area contributed by atoms with Gasteiger partial charge in [-0.15, -0.1) is 0 Å². The average molecular weight is 271 g/mol. The van der Waals surface area contributed by atoms with Crippen molar-refractivity contribution in [2.75, 3.05) is 4.90 Å². The number of aldehydes is 1. The number of aromatic hydroxyl groups is 1. The fourth-order valence-electron chi connectivity index (χ4n) is 2.22. The Morgan fingerprint density at radius 2 is 2.00 bits per heavy atom. The van der Waals surface area contributed by atoms with Crippen LogP contribution in [-0.2, 0) is 11.3 Å². The molecule has 1 heterocycles. The van der Waals surface area contributed by atoms with Crippen LogP contribution in [0.5, 0.6) is 5.75 Å². The van der Waals surface area contributed by atoms with Gasteiger partial charge in [0.15, 0.2) is 6.29 Å². The lowest BCUT2D eigenvalue weighted by molar-refractivity contribution is -0.107. The van der Waals surface area contributed by atoms with E-state index in [1.807, 2.05) is 41.3 Å². The van der Waals surface area contributed by atoms with E-state index in [1.54, 1.807) is 12.1 Å². The number of benzene rings is 2. The fraction of sp³-hybridized carbons (Fsp3) is 0.133. The van der Waals surface area contributed by atoms with Gasteiger partial charge in [-0.05, 0) is 17.7 Å². The van der Waals surface area contributed by atoms with Crippen molar-refractivity contribution in [1.82, 2.24) is 0 Å². The highest BCUT2D eigenvalue weighted by Gasteiger charge is 2.29. The van der Waals surface area contributed by atoms with E-state index in [0.717, 1.165) is 22.4 Å². The molecule has 0 bridgehead atoms. The number of anilines is 1. The molecule has 0 amide bonds. The molecule has 0 spiro atoms. The van der Waals surface area contributed by atoms with E-state index in [1.165, 1.54) is 11.8 Å². The van der Waals surface area contributed by atoms with Crippen LogP contribution < -0.4 is 4.90 Å². The Balaban J connectivity index is 1.95. The molecular weight excluding hydrogens is 258 g/mol. The van der Waals surface area contributed by atoms with E-state index in [2.05, 4.69) is 0 Å². The highest BCUT2D eigenvalue weighted by atomic mass is 32.2. The Morgan fingerprint density at radius 3 is 2.74 bits per heavy atom. The van der Waals surface area contributed by atoms with Crippen LogP contribution in [0.2, 0.25) is 0 Å². The second-order valence-corrected chi connectivity index (χ2v) is 5.57. The number of phenols is 1. The summed E-state index contributed by atoms with van der Waals surface area (Å²) in [5, 5.41) is 9.39. The zero-order valence-corrected chi connectivity index (χ0v) is 11.0. The normalized spacial score (nSPS) is 17.3. The molecule has 1 unspecified atom stereocenters. The van der Waals surface area contributed by atoms with Crippen molar-refractivity contribution in [3.8, 4) is 5.75 Å². The molecular formula is C15H13NO2S. The summed E-state index contributed by atoms with van der Waals surface area (Å²) in [6.45, 7) is 0.660. The molecule has 96 valence electrons. The van der Waals surface area contributed by atoms with E-state index < -0.39 is 0 Å². The lowest BCUT2D eigenvalue weighted by Gasteiger charge is -2.23. The Kier molecular flexibility index (Phi) is 3.17. The minimum Gasteiger partial charge on any atom is -0.508 e. The molecule has 1 aliphatic heterocycles. The second-order valence-electron chi connectivity index (χ2n) is 4.41. The van der Waals surface area contributed by atoms with Gasteiger partial charge in [0.05, 0.1) is 5.69 Å². The molecule has 2 aromatic rings. The van der Waals surface area contributed by atoms with Crippen LogP contribution in [0.1, 0.15) is 5.56 Å². The number of nitrogens with zero attached hydrogens (tertiary/aromatic N) is 1. The Morgan fingerprint density at radius 1 is 1.21 bits per heavy atom. The maximum atomic E-state index is 11.2. The SMILES string of the molecule is O=CC1Sc2ccc(O)cc2N1Cc1ccccc1. The first-order valence-electron chi connectivity index (χ1n) is 6.03. The quantitative estimate of drug-likeness (QED) is 0.871. The van der Waals surface area contributed by atoms with Crippen LogP contribution in [-0.4, -0.2) is 16.8 Å². The maximum absolute atomic E-state index is 11.2. The number of carbonyl (C=O) groups excluding carboxylic acids is 1. The first kappa shape index (κ1) is 12.1. The van der Waals surface area contributed by atoms with Gasteiger partial charge in [-0.3, -0.25) is 0 Å². The summed E-state index contributed by atoms with van der Waals surface area (Å²) in [5.41, 5.74) is 2.07. The topological polar surface area (TPSA) is 40.5 Å². The zero-order chi connectivity index (χ0) is 13.2. The lowest BCUT2D eigenvalue weighted by atomic mass is 10.2. The number of carbonyl (C=O) groups is 1. The summed E-state index contributed by atoms with van der Waals surface area (Å²) in [6, 6.07) is 15.2. The van der Waals surface area contributed by atoms with Gasteiger partial charge in [-0.1, -0.05) is 42.1 Å². The monoisotopic (exact) mass is 271 g/mol. The van der Waals surface area contributed by atoms with Crippen LogP contribution in [0.25, 0.3) is 0 Å². The highest BCUT2D eigenvalue weighted by Crippen LogP contribution is 2.44. The number of hydrogen-bond acceptors (Lipinski definition) is 4. The van der Waals surface area contributed by atoms with Gasteiger partial charge < -0.3 is 14.8 Å². The van der Waals surface area contributed by atoms with Crippen molar-refractivity contribution in [3.63, 3.8) is 0 Å². The second kappa shape index (κ2) is 4.97. The molecule has 0 aromatic heterocycles. The fourth-order valence-corrected chi connectivity index (χ4v) is 3.29. The van der Waals surface area contributed by atoms with E-state index in [4.69, 9.17) is 0 Å². The van der Waals surface area contributed by atoms with Crippen molar-refractivity contribution in [2.45, 2.75) is 16.8 Å². The standard InChI is InChI=1S/C15H13NO2S/c17-10-15-16(9-11-4-2-1-3-5-11)13-8-12(18)6-7-14(13)19-15/h1-8,10,15,18H,9H2. The highest BCUT2D eigenvalue weighted by molar-refractivity contribution is 8.01. The summed E-state index contributed by atoms with van der Waals surface area (Å²) in [5.74, 6) is 0.226. The molecule has 0 radical (unpaired) electrons. The summed E-state index contributed by atoms with van der Waals surface area (Å²) >= 11 is 1.52. The minimum absolute atomic E-state index is 0.225. The largest absolute Gasteiger partial charge is 0.508 e. The Labute approximate surface area is 115 Å². The molecule has 0 aliphatic carbocycles. The van der Waals surface area contributed by atoms with Crippen molar-refractivity contribution >= 4 is 23.7 Å². The number of rotatable bonds is 3. The van der Waals surface area contributed by atoms with E-state index in [9.17, 15) is 9.90 Å². The molecule has 1 aliphatic rings.